The number of nitriles is 1. The van der Waals surface area contributed by atoms with Crippen molar-refractivity contribution >= 4 is 0 Å². The lowest BCUT2D eigenvalue weighted by molar-refractivity contribution is -0.0944. The third-order valence-electron chi connectivity index (χ3n) is 3.94. The second-order valence-corrected chi connectivity index (χ2v) is 4.72. The Morgan fingerprint density at radius 3 is 3.00 bits per heavy atom. The molecular weight excluding hydrogens is 186 g/mol. The molecule has 2 nitrogen and oxygen atoms in total. The van der Waals surface area contributed by atoms with Gasteiger partial charge in [-0.3, -0.25) is 0 Å². The van der Waals surface area contributed by atoms with Crippen LogP contribution in [0.3, 0.4) is 0 Å². The van der Waals surface area contributed by atoms with E-state index >= 15 is 0 Å². The van der Waals surface area contributed by atoms with Crippen molar-refractivity contribution in [2.45, 2.75) is 30.8 Å². The second-order valence-electron chi connectivity index (χ2n) is 4.72. The highest BCUT2D eigenvalue weighted by molar-refractivity contribution is 5.40. The van der Waals surface area contributed by atoms with E-state index in [0.29, 0.717) is 6.42 Å². The highest BCUT2D eigenvalue weighted by Gasteiger charge is 2.55. The molecule has 0 amide bonds. The first-order valence-corrected chi connectivity index (χ1v) is 5.44. The van der Waals surface area contributed by atoms with Crippen molar-refractivity contribution in [2.24, 2.45) is 5.92 Å². The summed E-state index contributed by atoms with van der Waals surface area (Å²) in [6.07, 6.45) is 2.41. The van der Waals surface area contributed by atoms with E-state index in [2.05, 4.69) is 18.2 Å². The molecule has 3 atom stereocenters. The predicted octanol–water partition coefficient (Wildman–Crippen LogP) is 1.99. The Bertz CT molecular complexity index is 448. The van der Waals surface area contributed by atoms with Gasteiger partial charge in [0.05, 0.1) is 17.6 Å². The molecule has 1 aromatic rings. The second kappa shape index (κ2) is 2.84. The maximum Gasteiger partial charge on any atom is 0.0744 e. The average Bonchev–Trinajstić information content (AvgIpc) is 2.23. The van der Waals surface area contributed by atoms with E-state index in [9.17, 15) is 5.11 Å². The van der Waals surface area contributed by atoms with E-state index < -0.39 is 5.60 Å². The van der Waals surface area contributed by atoms with Crippen molar-refractivity contribution < 1.29 is 5.11 Å². The number of hydrogen-bond donors (Lipinski definition) is 1. The van der Waals surface area contributed by atoms with Gasteiger partial charge in [-0.1, -0.05) is 24.3 Å². The zero-order chi connectivity index (χ0) is 10.5. The van der Waals surface area contributed by atoms with E-state index in [4.69, 9.17) is 5.26 Å². The minimum Gasteiger partial charge on any atom is -0.389 e. The van der Waals surface area contributed by atoms with E-state index in [1.54, 1.807) is 0 Å². The number of aryl methyl sites for hydroxylation is 1. The highest BCUT2D eigenvalue weighted by atomic mass is 16.3. The lowest BCUT2D eigenvalue weighted by Crippen LogP contribution is -2.54. The fraction of sp³-hybridized carbons (Fsp3) is 0.462. The molecule has 0 heterocycles. The maximum absolute atomic E-state index is 10.3. The summed E-state index contributed by atoms with van der Waals surface area (Å²) in [6, 6.07) is 10.5. The number of fused-ring (bicyclic) bond motifs is 3. The number of aliphatic hydroxyl groups is 1. The maximum atomic E-state index is 10.3. The molecule has 0 bridgehead atoms. The van der Waals surface area contributed by atoms with Crippen LogP contribution in [0.2, 0.25) is 0 Å². The summed E-state index contributed by atoms with van der Waals surface area (Å²) in [7, 11) is 0. The molecule has 0 saturated heterocycles. The van der Waals surface area contributed by atoms with Crippen LogP contribution in [-0.2, 0) is 6.42 Å². The molecule has 2 aliphatic carbocycles. The zero-order valence-corrected chi connectivity index (χ0v) is 8.48. The normalized spacial score (nSPS) is 37.1. The summed E-state index contributed by atoms with van der Waals surface area (Å²) >= 11 is 0. The molecule has 1 saturated carbocycles. The molecule has 1 fully saturated rings. The molecule has 1 N–H and O–H groups in total. The molecule has 0 spiro atoms. The summed E-state index contributed by atoms with van der Waals surface area (Å²) in [5.41, 5.74) is 1.92. The van der Waals surface area contributed by atoms with E-state index in [0.717, 1.165) is 12.8 Å². The Labute approximate surface area is 89.2 Å². The van der Waals surface area contributed by atoms with Crippen molar-refractivity contribution in [3.8, 4) is 6.07 Å². The summed E-state index contributed by atoms with van der Waals surface area (Å²) in [4.78, 5) is 0. The van der Waals surface area contributed by atoms with Gasteiger partial charge < -0.3 is 5.11 Å². The lowest BCUT2D eigenvalue weighted by atomic mass is 9.54. The van der Waals surface area contributed by atoms with Crippen LogP contribution >= 0.6 is 0 Å². The molecule has 0 unspecified atom stereocenters. The first-order chi connectivity index (χ1) is 7.24. The fourth-order valence-corrected chi connectivity index (χ4v) is 3.14. The monoisotopic (exact) mass is 199 g/mol. The average molecular weight is 199 g/mol. The number of benzene rings is 1. The summed E-state index contributed by atoms with van der Waals surface area (Å²) in [5, 5.41) is 19.3. The van der Waals surface area contributed by atoms with Gasteiger partial charge in [0.1, 0.15) is 0 Å². The van der Waals surface area contributed by atoms with Crippen molar-refractivity contribution in [1.29, 1.82) is 5.26 Å². The Balaban J connectivity index is 2.08. The summed E-state index contributed by atoms with van der Waals surface area (Å²) in [6.45, 7) is 0. The van der Waals surface area contributed by atoms with Crippen molar-refractivity contribution in [3.05, 3.63) is 35.4 Å². The van der Waals surface area contributed by atoms with Crippen LogP contribution in [0.15, 0.2) is 24.3 Å². The van der Waals surface area contributed by atoms with Crippen LogP contribution < -0.4 is 0 Å². The molecule has 0 aromatic heterocycles. The van der Waals surface area contributed by atoms with Gasteiger partial charge in [0.15, 0.2) is 0 Å². The highest BCUT2D eigenvalue weighted by Crippen LogP contribution is 2.55. The minimum absolute atomic E-state index is 0.0106. The minimum atomic E-state index is -0.589. The topological polar surface area (TPSA) is 44.0 Å². The molecule has 0 aliphatic heterocycles. The standard InChI is InChI=1S/C13H13NO/c14-8-10-7-13(15)6-5-9-3-1-2-4-11(9)12(10)13/h1-4,10,12,15H,5-7H2/t10-,12-,13+/m1/s1. The fourth-order valence-electron chi connectivity index (χ4n) is 3.14. The van der Waals surface area contributed by atoms with E-state index in [1.807, 2.05) is 12.1 Å². The van der Waals surface area contributed by atoms with Crippen molar-refractivity contribution in [1.82, 2.24) is 0 Å². The quantitative estimate of drug-likeness (QED) is 0.694. The summed E-state index contributed by atoms with van der Waals surface area (Å²) < 4.78 is 0. The van der Waals surface area contributed by atoms with Crippen molar-refractivity contribution in [3.63, 3.8) is 0 Å². The van der Waals surface area contributed by atoms with Gasteiger partial charge in [0, 0.05) is 5.92 Å². The van der Waals surface area contributed by atoms with Crippen LogP contribution in [-0.4, -0.2) is 10.7 Å². The van der Waals surface area contributed by atoms with Gasteiger partial charge in [-0.05, 0) is 30.4 Å². The Hall–Kier alpha value is -1.33. The molecule has 2 heteroatoms. The van der Waals surface area contributed by atoms with Gasteiger partial charge in [0.25, 0.3) is 0 Å². The summed E-state index contributed by atoms with van der Waals surface area (Å²) in [5.74, 6) is 0.0731. The largest absolute Gasteiger partial charge is 0.389 e. The SMILES string of the molecule is N#C[C@H]1C[C@@]2(O)CCc3ccccc3[C@@H]12. The number of hydrogen-bond acceptors (Lipinski definition) is 2. The smallest absolute Gasteiger partial charge is 0.0744 e. The molecule has 2 aliphatic rings. The van der Waals surface area contributed by atoms with Gasteiger partial charge in [-0.25, -0.2) is 0 Å². The van der Waals surface area contributed by atoms with Crippen LogP contribution in [0.25, 0.3) is 0 Å². The van der Waals surface area contributed by atoms with Gasteiger partial charge in [-0.15, -0.1) is 0 Å². The Morgan fingerprint density at radius 1 is 1.40 bits per heavy atom. The molecule has 1 aromatic carbocycles. The first-order valence-electron chi connectivity index (χ1n) is 5.44. The van der Waals surface area contributed by atoms with Crippen molar-refractivity contribution in [2.75, 3.05) is 0 Å². The first kappa shape index (κ1) is 8.94. The molecule has 0 radical (unpaired) electrons. The van der Waals surface area contributed by atoms with Crippen LogP contribution in [0, 0.1) is 17.2 Å². The van der Waals surface area contributed by atoms with Crippen LogP contribution in [0.1, 0.15) is 29.9 Å². The van der Waals surface area contributed by atoms with E-state index in [-0.39, 0.29) is 11.8 Å². The lowest BCUT2D eigenvalue weighted by Gasteiger charge is -2.52. The Kier molecular flexibility index (Phi) is 1.69. The molecule has 3 rings (SSSR count). The third kappa shape index (κ3) is 1.07. The zero-order valence-electron chi connectivity index (χ0n) is 8.48. The van der Waals surface area contributed by atoms with E-state index in [1.165, 1.54) is 11.1 Å². The number of nitrogens with zero attached hydrogens (tertiary/aromatic N) is 1. The van der Waals surface area contributed by atoms with Crippen LogP contribution in [0.4, 0.5) is 0 Å². The Morgan fingerprint density at radius 2 is 2.20 bits per heavy atom. The third-order valence-corrected chi connectivity index (χ3v) is 3.94. The van der Waals surface area contributed by atoms with Gasteiger partial charge >= 0.3 is 0 Å². The van der Waals surface area contributed by atoms with Gasteiger partial charge in [0.2, 0.25) is 0 Å². The molecule has 76 valence electrons. The molecule has 15 heavy (non-hydrogen) atoms. The van der Waals surface area contributed by atoms with Crippen LogP contribution in [0.5, 0.6) is 0 Å². The molecular formula is C13H13NO. The number of rotatable bonds is 0. The predicted molar refractivity (Wildman–Crippen MR) is 56.2 cm³/mol. The van der Waals surface area contributed by atoms with Gasteiger partial charge in [-0.2, -0.15) is 5.26 Å².